The van der Waals surface area contributed by atoms with Crippen LogP contribution < -0.4 is 10.1 Å². The number of hydrogen-bond acceptors (Lipinski definition) is 3. The van der Waals surface area contributed by atoms with Crippen LogP contribution in [-0.2, 0) is 4.79 Å². The van der Waals surface area contributed by atoms with E-state index in [-0.39, 0.29) is 23.8 Å². The number of ether oxygens (including phenoxy) is 1. The number of nitrogens with zero attached hydrogens (tertiary/aromatic N) is 1. The summed E-state index contributed by atoms with van der Waals surface area (Å²) in [5.41, 5.74) is 0.0849. The number of hydrogen-bond donors (Lipinski definition) is 1. The van der Waals surface area contributed by atoms with Crippen molar-refractivity contribution in [3.05, 3.63) is 29.6 Å². The van der Waals surface area contributed by atoms with E-state index in [9.17, 15) is 14.0 Å². The number of carbonyl (C=O) groups is 2. The van der Waals surface area contributed by atoms with Gasteiger partial charge in [-0.2, -0.15) is 0 Å². The maximum absolute atomic E-state index is 13.2. The fourth-order valence-electron chi connectivity index (χ4n) is 2.19. The molecule has 0 spiro atoms. The summed E-state index contributed by atoms with van der Waals surface area (Å²) in [6, 6.07) is 3.69. The maximum atomic E-state index is 13.2. The molecule has 6 heteroatoms. The number of likely N-dealkylation sites (tertiary alicyclic amines) is 1. The van der Waals surface area contributed by atoms with Gasteiger partial charge >= 0.3 is 0 Å². The Bertz CT molecular complexity index is 513. The maximum Gasteiger partial charge on any atom is 0.255 e. The van der Waals surface area contributed by atoms with Crippen molar-refractivity contribution in [1.29, 1.82) is 0 Å². The average molecular weight is 280 g/mol. The molecule has 1 aromatic carbocycles. The first-order chi connectivity index (χ1) is 9.61. The minimum Gasteiger partial charge on any atom is -0.496 e. The van der Waals surface area contributed by atoms with E-state index >= 15 is 0 Å². The van der Waals surface area contributed by atoms with Crippen molar-refractivity contribution in [2.24, 2.45) is 0 Å². The molecule has 0 radical (unpaired) electrons. The molecular formula is C14H17FN2O3. The van der Waals surface area contributed by atoms with Crippen LogP contribution in [0.25, 0.3) is 0 Å². The first-order valence-corrected chi connectivity index (χ1v) is 6.51. The van der Waals surface area contributed by atoms with Crippen molar-refractivity contribution in [1.82, 2.24) is 10.2 Å². The standard InChI is InChI=1S/C14H17FN2O3/c1-20-12-5-4-10(15)8-11(12)14(19)16-9-13(18)17-6-2-3-7-17/h4-5,8H,2-3,6-7,9H2,1H3,(H,16,19). The largest absolute Gasteiger partial charge is 0.496 e. The lowest BCUT2D eigenvalue weighted by molar-refractivity contribution is -0.129. The van der Waals surface area contributed by atoms with E-state index in [1.165, 1.54) is 19.2 Å². The van der Waals surface area contributed by atoms with E-state index in [1.807, 2.05) is 0 Å². The van der Waals surface area contributed by atoms with Gasteiger partial charge in [-0.05, 0) is 31.0 Å². The molecule has 0 atom stereocenters. The van der Waals surface area contributed by atoms with Gasteiger partial charge in [-0.25, -0.2) is 4.39 Å². The summed E-state index contributed by atoms with van der Waals surface area (Å²) in [7, 11) is 1.40. The molecule has 20 heavy (non-hydrogen) atoms. The average Bonchev–Trinajstić information content (AvgIpc) is 2.98. The second-order valence-corrected chi connectivity index (χ2v) is 4.62. The summed E-state index contributed by atoms with van der Waals surface area (Å²) >= 11 is 0. The Morgan fingerprint density at radius 1 is 1.35 bits per heavy atom. The molecule has 1 aliphatic heterocycles. The number of amides is 2. The van der Waals surface area contributed by atoms with Crippen LogP contribution in [0.5, 0.6) is 5.75 Å². The fraction of sp³-hybridized carbons (Fsp3) is 0.429. The Hall–Kier alpha value is -2.11. The number of carbonyl (C=O) groups excluding carboxylic acids is 2. The van der Waals surface area contributed by atoms with E-state index in [4.69, 9.17) is 4.74 Å². The molecule has 1 heterocycles. The van der Waals surface area contributed by atoms with Gasteiger partial charge in [0.15, 0.2) is 0 Å². The normalized spacial score (nSPS) is 14.2. The van der Waals surface area contributed by atoms with Gasteiger partial charge in [0.05, 0.1) is 19.2 Å². The van der Waals surface area contributed by atoms with Crippen LogP contribution >= 0.6 is 0 Å². The summed E-state index contributed by atoms with van der Waals surface area (Å²) in [6.45, 7) is 1.38. The Morgan fingerprint density at radius 3 is 2.70 bits per heavy atom. The highest BCUT2D eigenvalue weighted by atomic mass is 19.1. The third kappa shape index (κ3) is 3.26. The Kier molecular flexibility index (Phi) is 4.55. The molecule has 0 bridgehead atoms. The van der Waals surface area contributed by atoms with E-state index in [2.05, 4.69) is 5.32 Å². The summed E-state index contributed by atoms with van der Waals surface area (Å²) in [5, 5.41) is 2.50. The fourth-order valence-corrected chi connectivity index (χ4v) is 2.19. The smallest absolute Gasteiger partial charge is 0.255 e. The third-order valence-corrected chi connectivity index (χ3v) is 3.27. The van der Waals surface area contributed by atoms with Crippen LogP contribution in [0, 0.1) is 5.82 Å². The molecule has 108 valence electrons. The molecule has 1 N–H and O–H groups in total. The SMILES string of the molecule is COc1ccc(F)cc1C(=O)NCC(=O)N1CCCC1. The molecule has 0 aliphatic carbocycles. The molecule has 5 nitrogen and oxygen atoms in total. The van der Waals surface area contributed by atoms with Crippen LogP contribution in [0.3, 0.4) is 0 Å². The van der Waals surface area contributed by atoms with Gasteiger partial charge < -0.3 is 15.0 Å². The van der Waals surface area contributed by atoms with Crippen molar-refractivity contribution in [2.45, 2.75) is 12.8 Å². The first kappa shape index (κ1) is 14.3. The van der Waals surface area contributed by atoms with Crippen molar-refractivity contribution < 1.29 is 18.7 Å². The molecular weight excluding hydrogens is 263 g/mol. The van der Waals surface area contributed by atoms with E-state index < -0.39 is 11.7 Å². The second-order valence-electron chi connectivity index (χ2n) is 4.62. The van der Waals surface area contributed by atoms with Gasteiger partial charge in [0, 0.05) is 13.1 Å². The molecule has 0 saturated carbocycles. The van der Waals surface area contributed by atoms with Gasteiger partial charge in [-0.3, -0.25) is 9.59 Å². The lowest BCUT2D eigenvalue weighted by atomic mass is 10.2. The van der Waals surface area contributed by atoms with Gasteiger partial charge in [-0.1, -0.05) is 0 Å². The summed E-state index contributed by atoms with van der Waals surface area (Å²) in [5.74, 6) is -0.889. The quantitative estimate of drug-likeness (QED) is 0.901. The first-order valence-electron chi connectivity index (χ1n) is 6.51. The van der Waals surface area contributed by atoms with Crippen molar-refractivity contribution >= 4 is 11.8 Å². The summed E-state index contributed by atoms with van der Waals surface area (Å²) < 4.78 is 18.2. The van der Waals surface area contributed by atoms with E-state index in [0.717, 1.165) is 32.0 Å². The van der Waals surface area contributed by atoms with Gasteiger partial charge in [0.1, 0.15) is 11.6 Å². The number of benzene rings is 1. The minimum atomic E-state index is -0.526. The topological polar surface area (TPSA) is 58.6 Å². The zero-order valence-electron chi connectivity index (χ0n) is 11.3. The van der Waals surface area contributed by atoms with Gasteiger partial charge in [0.25, 0.3) is 5.91 Å². The number of halogens is 1. The molecule has 1 aliphatic rings. The molecule has 2 amide bonds. The number of methoxy groups -OCH3 is 1. The number of nitrogens with one attached hydrogen (secondary N) is 1. The molecule has 2 rings (SSSR count). The van der Waals surface area contributed by atoms with Gasteiger partial charge in [-0.15, -0.1) is 0 Å². The monoisotopic (exact) mass is 280 g/mol. The zero-order valence-corrected chi connectivity index (χ0v) is 11.3. The van der Waals surface area contributed by atoms with Crippen LogP contribution in [0.1, 0.15) is 23.2 Å². The van der Waals surface area contributed by atoms with Crippen molar-refractivity contribution in [3.63, 3.8) is 0 Å². The predicted octanol–water partition coefficient (Wildman–Crippen LogP) is 1.19. The number of rotatable bonds is 4. The van der Waals surface area contributed by atoms with Crippen molar-refractivity contribution in [2.75, 3.05) is 26.7 Å². The Morgan fingerprint density at radius 2 is 2.05 bits per heavy atom. The summed E-state index contributed by atoms with van der Waals surface area (Å²) in [4.78, 5) is 25.5. The predicted molar refractivity (Wildman–Crippen MR) is 71.1 cm³/mol. The van der Waals surface area contributed by atoms with E-state index in [0.29, 0.717) is 0 Å². The molecule has 1 saturated heterocycles. The zero-order chi connectivity index (χ0) is 14.5. The van der Waals surface area contributed by atoms with Crippen LogP contribution in [0.15, 0.2) is 18.2 Å². The lowest BCUT2D eigenvalue weighted by Gasteiger charge is -2.15. The van der Waals surface area contributed by atoms with Crippen LogP contribution in [0.4, 0.5) is 4.39 Å². The highest BCUT2D eigenvalue weighted by Crippen LogP contribution is 2.19. The highest BCUT2D eigenvalue weighted by Gasteiger charge is 2.19. The highest BCUT2D eigenvalue weighted by molar-refractivity contribution is 5.98. The minimum absolute atomic E-state index is 0.0848. The molecule has 1 fully saturated rings. The van der Waals surface area contributed by atoms with E-state index in [1.54, 1.807) is 4.90 Å². The Labute approximate surface area is 116 Å². The van der Waals surface area contributed by atoms with Crippen LogP contribution in [0.2, 0.25) is 0 Å². The molecule has 1 aromatic rings. The summed E-state index contributed by atoms with van der Waals surface area (Å²) in [6.07, 6.45) is 1.99. The molecule has 0 unspecified atom stereocenters. The van der Waals surface area contributed by atoms with Crippen LogP contribution in [-0.4, -0.2) is 43.5 Å². The lowest BCUT2D eigenvalue weighted by Crippen LogP contribution is -2.38. The third-order valence-electron chi connectivity index (χ3n) is 3.27. The molecule has 0 aromatic heterocycles. The van der Waals surface area contributed by atoms with Gasteiger partial charge in [0.2, 0.25) is 5.91 Å². The Balaban J connectivity index is 1.97. The second kappa shape index (κ2) is 6.36. The van der Waals surface area contributed by atoms with Crippen molar-refractivity contribution in [3.8, 4) is 5.75 Å².